The van der Waals surface area contributed by atoms with E-state index >= 15 is 0 Å². The zero-order valence-corrected chi connectivity index (χ0v) is 20.2. The average molecular weight is 536 g/mol. The van der Waals surface area contributed by atoms with Crippen LogP contribution in [0.3, 0.4) is 0 Å². The van der Waals surface area contributed by atoms with E-state index in [0.717, 1.165) is 59.9 Å². The molecule has 6 nitrogen and oxygen atoms in total. The normalized spacial score (nSPS) is 14.0. The van der Waals surface area contributed by atoms with E-state index < -0.39 is 0 Å². The van der Waals surface area contributed by atoms with E-state index in [1.807, 2.05) is 18.5 Å². The van der Waals surface area contributed by atoms with Gasteiger partial charge in [-0.15, -0.1) is 24.0 Å². The molecule has 2 aromatic heterocycles. The summed E-state index contributed by atoms with van der Waals surface area (Å²) in [6, 6.07) is 9.00. The van der Waals surface area contributed by atoms with Crippen LogP contribution in [0.5, 0.6) is 0 Å². The quantitative estimate of drug-likeness (QED) is 0.241. The third-order valence-electron chi connectivity index (χ3n) is 5.42. The summed E-state index contributed by atoms with van der Waals surface area (Å²) in [7, 11) is 0. The number of hydrogen-bond acceptors (Lipinski definition) is 3. The Morgan fingerprint density at radius 1 is 1.19 bits per heavy atom. The smallest absolute Gasteiger partial charge is 0.191 e. The number of guanidine groups is 1. The molecule has 0 amide bonds. The van der Waals surface area contributed by atoms with Crippen LogP contribution in [0.15, 0.2) is 47.7 Å². The molecule has 0 aliphatic carbocycles. The Bertz CT molecular complexity index is 1010. The lowest BCUT2D eigenvalue weighted by Gasteiger charge is -2.16. The van der Waals surface area contributed by atoms with Gasteiger partial charge >= 0.3 is 0 Å². The zero-order chi connectivity index (χ0) is 20.8. The van der Waals surface area contributed by atoms with Crippen molar-refractivity contribution in [1.82, 2.24) is 20.6 Å². The SMILES string of the molecule is CCNC(=NCc1ccnc(N2CCCC2)c1)NCCc1c[nH]c2ccc(F)cc12.I. The highest BCUT2D eigenvalue weighted by Gasteiger charge is 2.13. The highest BCUT2D eigenvalue weighted by atomic mass is 127. The third kappa shape index (κ3) is 6.09. The zero-order valence-electron chi connectivity index (χ0n) is 17.8. The fourth-order valence-corrected chi connectivity index (χ4v) is 3.86. The van der Waals surface area contributed by atoms with Crippen molar-refractivity contribution in [1.29, 1.82) is 0 Å². The summed E-state index contributed by atoms with van der Waals surface area (Å²) < 4.78 is 13.6. The molecular weight excluding hydrogens is 506 g/mol. The van der Waals surface area contributed by atoms with Crippen molar-refractivity contribution in [3.05, 3.63) is 59.7 Å². The number of aliphatic imine (C=N–C) groups is 1. The second-order valence-electron chi connectivity index (χ2n) is 7.59. The van der Waals surface area contributed by atoms with Gasteiger partial charge in [-0.2, -0.15) is 0 Å². The maximum atomic E-state index is 13.6. The van der Waals surface area contributed by atoms with Crippen LogP contribution in [0.25, 0.3) is 10.9 Å². The van der Waals surface area contributed by atoms with Crippen LogP contribution in [0.4, 0.5) is 10.2 Å². The molecule has 1 aromatic carbocycles. The maximum Gasteiger partial charge on any atom is 0.191 e. The van der Waals surface area contributed by atoms with Gasteiger partial charge in [0.1, 0.15) is 11.6 Å². The number of H-pyrrole nitrogens is 1. The molecule has 8 heteroatoms. The predicted octanol–water partition coefficient (Wildman–Crippen LogP) is 4.22. The summed E-state index contributed by atoms with van der Waals surface area (Å²) in [4.78, 5) is 14.8. The van der Waals surface area contributed by atoms with E-state index in [4.69, 9.17) is 4.99 Å². The van der Waals surface area contributed by atoms with Crippen molar-refractivity contribution in [2.24, 2.45) is 4.99 Å². The standard InChI is InChI=1S/C23H29FN6.HI/c1-2-25-23(27-10-8-18-16-28-21-6-5-19(24)14-20(18)21)29-15-17-7-9-26-22(13-17)30-11-3-4-12-30;/h5-7,9,13-14,16,28H,2-4,8,10-12,15H2,1H3,(H2,25,27,29);1H. The van der Waals surface area contributed by atoms with E-state index in [1.54, 1.807) is 12.1 Å². The number of nitrogens with one attached hydrogen (secondary N) is 3. The number of rotatable bonds is 7. The molecule has 3 N–H and O–H groups in total. The third-order valence-corrected chi connectivity index (χ3v) is 5.42. The Morgan fingerprint density at radius 2 is 2.03 bits per heavy atom. The molecule has 4 rings (SSSR count). The van der Waals surface area contributed by atoms with Crippen LogP contribution in [0.2, 0.25) is 0 Å². The Labute approximate surface area is 199 Å². The first kappa shape index (κ1) is 23.3. The van der Waals surface area contributed by atoms with Crippen molar-refractivity contribution in [3.8, 4) is 0 Å². The molecule has 0 spiro atoms. The van der Waals surface area contributed by atoms with Gasteiger partial charge in [0, 0.05) is 49.5 Å². The van der Waals surface area contributed by atoms with Gasteiger partial charge in [0.15, 0.2) is 5.96 Å². The van der Waals surface area contributed by atoms with E-state index in [1.165, 1.54) is 18.9 Å². The largest absolute Gasteiger partial charge is 0.361 e. The number of nitrogens with zero attached hydrogens (tertiary/aromatic N) is 3. The Balaban J connectivity index is 0.00000272. The number of benzene rings is 1. The van der Waals surface area contributed by atoms with Crippen molar-refractivity contribution < 1.29 is 4.39 Å². The van der Waals surface area contributed by atoms with Crippen molar-refractivity contribution in [2.75, 3.05) is 31.1 Å². The molecule has 0 saturated carbocycles. The molecule has 1 aliphatic rings. The van der Waals surface area contributed by atoms with Crippen LogP contribution >= 0.6 is 24.0 Å². The van der Waals surface area contributed by atoms with Crippen LogP contribution in [0, 0.1) is 5.82 Å². The van der Waals surface area contributed by atoms with Crippen LogP contribution in [-0.2, 0) is 13.0 Å². The summed E-state index contributed by atoms with van der Waals surface area (Å²) in [5.74, 6) is 1.62. The molecule has 166 valence electrons. The molecular formula is C23H30FIN6. The summed E-state index contributed by atoms with van der Waals surface area (Å²) >= 11 is 0. The Hall–Kier alpha value is -2.36. The monoisotopic (exact) mass is 536 g/mol. The number of fused-ring (bicyclic) bond motifs is 1. The van der Waals surface area contributed by atoms with Gasteiger partial charge in [-0.05, 0) is 67.6 Å². The molecule has 0 bridgehead atoms. The molecule has 1 aliphatic heterocycles. The summed E-state index contributed by atoms with van der Waals surface area (Å²) in [6.07, 6.45) is 7.08. The van der Waals surface area contributed by atoms with Crippen LogP contribution < -0.4 is 15.5 Å². The molecule has 0 radical (unpaired) electrons. The van der Waals surface area contributed by atoms with Gasteiger partial charge in [-0.1, -0.05) is 0 Å². The molecule has 1 saturated heterocycles. The van der Waals surface area contributed by atoms with Gasteiger partial charge in [-0.3, -0.25) is 0 Å². The van der Waals surface area contributed by atoms with E-state index in [9.17, 15) is 4.39 Å². The molecule has 0 atom stereocenters. The molecule has 0 unspecified atom stereocenters. The van der Waals surface area contributed by atoms with Gasteiger partial charge in [0.05, 0.1) is 6.54 Å². The first-order valence-electron chi connectivity index (χ1n) is 10.7. The first-order chi connectivity index (χ1) is 14.7. The molecule has 3 aromatic rings. The minimum Gasteiger partial charge on any atom is -0.361 e. The summed E-state index contributed by atoms with van der Waals surface area (Å²) in [6.45, 7) is 6.32. The highest BCUT2D eigenvalue weighted by Crippen LogP contribution is 2.20. The molecule has 1 fully saturated rings. The summed E-state index contributed by atoms with van der Waals surface area (Å²) in [5.41, 5.74) is 3.20. The number of anilines is 1. The van der Waals surface area contributed by atoms with Crippen LogP contribution in [0.1, 0.15) is 30.9 Å². The highest BCUT2D eigenvalue weighted by molar-refractivity contribution is 14.0. The van der Waals surface area contributed by atoms with Gasteiger partial charge < -0.3 is 20.5 Å². The van der Waals surface area contributed by atoms with E-state index in [-0.39, 0.29) is 29.8 Å². The minimum atomic E-state index is -0.211. The van der Waals surface area contributed by atoms with Gasteiger partial charge in [0.2, 0.25) is 0 Å². The van der Waals surface area contributed by atoms with E-state index in [2.05, 4.69) is 38.5 Å². The van der Waals surface area contributed by atoms with Crippen LogP contribution in [-0.4, -0.2) is 42.1 Å². The fourth-order valence-electron chi connectivity index (χ4n) is 3.86. The number of hydrogen-bond donors (Lipinski definition) is 3. The summed E-state index contributed by atoms with van der Waals surface area (Å²) in [5, 5.41) is 7.61. The van der Waals surface area contributed by atoms with Gasteiger partial charge in [0.25, 0.3) is 0 Å². The molecule has 3 heterocycles. The predicted molar refractivity (Wildman–Crippen MR) is 136 cm³/mol. The number of halogens is 2. The Morgan fingerprint density at radius 3 is 2.84 bits per heavy atom. The fraction of sp³-hybridized carbons (Fsp3) is 0.391. The number of aromatic amines is 1. The lowest BCUT2D eigenvalue weighted by Crippen LogP contribution is -2.38. The van der Waals surface area contributed by atoms with Crippen molar-refractivity contribution in [3.63, 3.8) is 0 Å². The first-order valence-corrected chi connectivity index (χ1v) is 10.7. The lowest BCUT2D eigenvalue weighted by atomic mass is 10.1. The average Bonchev–Trinajstić information content (AvgIpc) is 3.43. The maximum absolute atomic E-state index is 13.6. The topological polar surface area (TPSA) is 68.3 Å². The second-order valence-corrected chi connectivity index (χ2v) is 7.59. The van der Waals surface area contributed by atoms with Gasteiger partial charge in [-0.25, -0.2) is 14.4 Å². The lowest BCUT2D eigenvalue weighted by molar-refractivity contribution is 0.629. The minimum absolute atomic E-state index is 0. The number of pyridine rings is 1. The number of aromatic nitrogens is 2. The van der Waals surface area contributed by atoms with Crippen molar-refractivity contribution in [2.45, 2.75) is 32.7 Å². The van der Waals surface area contributed by atoms with E-state index in [0.29, 0.717) is 13.1 Å². The second kappa shape index (κ2) is 11.3. The Kier molecular flexibility index (Phi) is 8.51. The molecule has 31 heavy (non-hydrogen) atoms. The van der Waals surface area contributed by atoms with Crippen molar-refractivity contribution >= 4 is 46.7 Å².